The predicted octanol–water partition coefficient (Wildman–Crippen LogP) is 5.13. The van der Waals surface area contributed by atoms with Gasteiger partial charge in [0.15, 0.2) is 0 Å². The van der Waals surface area contributed by atoms with E-state index in [0.29, 0.717) is 31.0 Å². The molecular formula is C21H22F3NO3S. The summed E-state index contributed by atoms with van der Waals surface area (Å²) >= 11 is 0. The fourth-order valence-corrected chi connectivity index (χ4v) is 6.11. The van der Waals surface area contributed by atoms with Gasteiger partial charge in [-0.3, -0.25) is 0 Å². The van der Waals surface area contributed by atoms with Crippen molar-refractivity contribution in [2.45, 2.75) is 50.1 Å². The van der Waals surface area contributed by atoms with Crippen LogP contribution in [-0.2, 0) is 29.2 Å². The number of nitrogens with zero attached hydrogens (tertiary/aromatic N) is 1. The maximum Gasteiger partial charge on any atom is 0.416 e. The van der Waals surface area contributed by atoms with E-state index in [9.17, 15) is 21.6 Å². The lowest BCUT2D eigenvalue weighted by Gasteiger charge is -2.31. The van der Waals surface area contributed by atoms with Crippen molar-refractivity contribution in [1.82, 2.24) is 4.31 Å². The molecule has 0 aromatic heterocycles. The summed E-state index contributed by atoms with van der Waals surface area (Å²) in [5.41, 5.74) is 1.06. The molecular weight excluding hydrogens is 403 g/mol. The molecule has 29 heavy (non-hydrogen) atoms. The first kappa shape index (κ1) is 20.2. The van der Waals surface area contributed by atoms with Gasteiger partial charge in [-0.15, -0.1) is 0 Å². The van der Waals surface area contributed by atoms with E-state index in [2.05, 4.69) is 0 Å². The molecule has 0 saturated heterocycles. The second-order valence-corrected chi connectivity index (χ2v) is 9.77. The molecule has 0 atom stereocenters. The molecule has 2 aliphatic rings. The average molecular weight is 425 g/mol. The fraction of sp³-hybridized carbons (Fsp3) is 0.429. The normalized spacial score (nSPS) is 18.6. The molecule has 2 aromatic rings. The second-order valence-electron chi connectivity index (χ2n) is 7.55. The summed E-state index contributed by atoms with van der Waals surface area (Å²) in [5, 5.41) is -0.282. The number of hydrogen-bond donors (Lipinski definition) is 0. The Morgan fingerprint density at radius 2 is 1.69 bits per heavy atom. The van der Waals surface area contributed by atoms with Gasteiger partial charge in [-0.25, -0.2) is 8.42 Å². The van der Waals surface area contributed by atoms with Crippen LogP contribution >= 0.6 is 0 Å². The van der Waals surface area contributed by atoms with Gasteiger partial charge in [0, 0.05) is 18.7 Å². The van der Waals surface area contributed by atoms with Crippen molar-refractivity contribution in [3.8, 4) is 11.5 Å². The lowest BCUT2D eigenvalue weighted by Crippen LogP contribution is -2.41. The van der Waals surface area contributed by atoms with Crippen molar-refractivity contribution in [3.63, 3.8) is 0 Å². The molecule has 0 unspecified atom stereocenters. The van der Waals surface area contributed by atoms with E-state index < -0.39 is 21.8 Å². The molecule has 4 rings (SSSR count). The number of rotatable bonds is 4. The number of hydrogen-bond acceptors (Lipinski definition) is 3. The summed E-state index contributed by atoms with van der Waals surface area (Å²) in [6.45, 7) is 0.692. The fourth-order valence-electron chi connectivity index (χ4n) is 4.10. The number of ether oxygens (including phenoxy) is 1. The predicted molar refractivity (Wildman–Crippen MR) is 103 cm³/mol. The molecule has 0 amide bonds. The van der Waals surface area contributed by atoms with Crippen LogP contribution in [0.2, 0.25) is 0 Å². The molecule has 4 nitrogen and oxygen atoms in total. The first-order valence-corrected chi connectivity index (χ1v) is 11.2. The Labute approximate surface area is 168 Å². The number of alkyl halides is 3. The van der Waals surface area contributed by atoms with Crippen molar-refractivity contribution in [3.05, 3.63) is 59.2 Å². The Morgan fingerprint density at radius 1 is 1.00 bits per heavy atom. The summed E-state index contributed by atoms with van der Waals surface area (Å²) in [6.07, 6.45) is -0.513. The van der Waals surface area contributed by atoms with Crippen LogP contribution in [0.4, 0.5) is 13.2 Å². The van der Waals surface area contributed by atoms with Crippen molar-refractivity contribution in [2.75, 3.05) is 6.54 Å². The SMILES string of the molecule is O=S(=O)(C1CCCC1)N1CCc2c(cccc2Oc2ccc(C(F)(F)F)cc2)C1. The highest BCUT2D eigenvalue weighted by atomic mass is 32.2. The van der Waals surface area contributed by atoms with E-state index in [1.165, 1.54) is 12.1 Å². The summed E-state index contributed by atoms with van der Waals surface area (Å²) in [7, 11) is -3.31. The van der Waals surface area contributed by atoms with Crippen LogP contribution in [0.15, 0.2) is 42.5 Å². The summed E-state index contributed by atoms with van der Waals surface area (Å²) in [6, 6.07) is 9.98. The molecule has 1 aliphatic heterocycles. The number of sulfonamides is 1. The minimum absolute atomic E-state index is 0.282. The Kier molecular flexibility index (Phi) is 5.33. The molecule has 0 spiro atoms. The molecule has 1 aliphatic carbocycles. The van der Waals surface area contributed by atoms with Gasteiger partial charge in [-0.2, -0.15) is 17.5 Å². The number of fused-ring (bicyclic) bond motifs is 1. The quantitative estimate of drug-likeness (QED) is 0.682. The highest BCUT2D eigenvalue weighted by Gasteiger charge is 2.36. The molecule has 0 N–H and O–H groups in total. The average Bonchev–Trinajstić information content (AvgIpc) is 3.23. The Hall–Kier alpha value is -2.06. The van der Waals surface area contributed by atoms with E-state index in [-0.39, 0.29) is 5.25 Å². The van der Waals surface area contributed by atoms with Gasteiger partial charge in [0.25, 0.3) is 0 Å². The Balaban J connectivity index is 1.53. The summed E-state index contributed by atoms with van der Waals surface area (Å²) in [4.78, 5) is 0. The molecule has 0 bridgehead atoms. The van der Waals surface area contributed by atoms with Gasteiger partial charge in [-0.05, 0) is 55.2 Å². The van der Waals surface area contributed by atoms with Crippen LogP contribution in [0.5, 0.6) is 11.5 Å². The van der Waals surface area contributed by atoms with Gasteiger partial charge in [-0.1, -0.05) is 25.0 Å². The summed E-state index contributed by atoms with van der Waals surface area (Å²) in [5.74, 6) is 0.868. The molecule has 0 radical (unpaired) electrons. The van der Waals surface area contributed by atoms with Gasteiger partial charge >= 0.3 is 6.18 Å². The minimum atomic E-state index is -4.39. The van der Waals surface area contributed by atoms with Crippen molar-refractivity contribution in [1.29, 1.82) is 0 Å². The van der Waals surface area contributed by atoms with Gasteiger partial charge in [0.1, 0.15) is 11.5 Å². The third-order valence-corrected chi connectivity index (χ3v) is 8.03. The molecule has 156 valence electrons. The zero-order valence-corrected chi connectivity index (χ0v) is 16.6. The van der Waals surface area contributed by atoms with Crippen molar-refractivity contribution >= 4 is 10.0 Å². The highest BCUT2D eigenvalue weighted by Crippen LogP contribution is 2.36. The topological polar surface area (TPSA) is 46.6 Å². The van der Waals surface area contributed by atoms with E-state index in [4.69, 9.17) is 4.74 Å². The first-order chi connectivity index (χ1) is 13.7. The minimum Gasteiger partial charge on any atom is -0.457 e. The van der Waals surface area contributed by atoms with Crippen molar-refractivity contribution < 1.29 is 26.3 Å². The van der Waals surface area contributed by atoms with Crippen LogP contribution in [0, 0.1) is 0 Å². The molecule has 1 heterocycles. The number of halogens is 3. The standard InChI is InChI=1S/C21H22F3NO3S/c22-21(23,24)16-8-10-17(11-9-16)28-20-7-3-4-15-14-25(13-12-19(15)20)29(26,27)18-5-1-2-6-18/h3-4,7-11,18H,1-2,5-6,12-14H2. The Morgan fingerprint density at radius 3 is 2.34 bits per heavy atom. The van der Waals surface area contributed by atoms with Crippen LogP contribution < -0.4 is 4.74 Å². The van der Waals surface area contributed by atoms with Crippen LogP contribution in [-0.4, -0.2) is 24.5 Å². The Bertz CT molecular complexity index is 981. The molecule has 2 aromatic carbocycles. The van der Waals surface area contributed by atoms with E-state index in [1.54, 1.807) is 16.4 Å². The third kappa shape index (κ3) is 4.14. The highest BCUT2D eigenvalue weighted by molar-refractivity contribution is 7.89. The van der Waals surface area contributed by atoms with Gasteiger partial charge in [0.2, 0.25) is 10.0 Å². The maximum absolute atomic E-state index is 12.9. The van der Waals surface area contributed by atoms with Gasteiger partial charge < -0.3 is 4.74 Å². The first-order valence-electron chi connectivity index (χ1n) is 9.70. The summed E-state index contributed by atoms with van der Waals surface area (Å²) < 4.78 is 71.3. The van der Waals surface area contributed by atoms with E-state index in [0.717, 1.165) is 48.9 Å². The van der Waals surface area contributed by atoms with Gasteiger partial charge in [0.05, 0.1) is 10.8 Å². The van der Waals surface area contributed by atoms with Crippen LogP contribution in [0.1, 0.15) is 42.4 Å². The molecule has 1 saturated carbocycles. The van der Waals surface area contributed by atoms with E-state index >= 15 is 0 Å². The largest absolute Gasteiger partial charge is 0.457 e. The zero-order chi connectivity index (χ0) is 20.6. The molecule has 1 fully saturated rings. The van der Waals surface area contributed by atoms with E-state index in [1.807, 2.05) is 6.07 Å². The number of benzene rings is 2. The monoisotopic (exact) mass is 425 g/mol. The smallest absolute Gasteiger partial charge is 0.416 e. The maximum atomic E-state index is 12.9. The second kappa shape index (κ2) is 7.65. The molecule has 8 heteroatoms. The van der Waals surface area contributed by atoms with Crippen LogP contribution in [0.25, 0.3) is 0 Å². The lowest BCUT2D eigenvalue weighted by molar-refractivity contribution is -0.137. The third-order valence-electron chi connectivity index (χ3n) is 5.68. The van der Waals surface area contributed by atoms with Crippen LogP contribution in [0.3, 0.4) is 0 Å². The van der Waals surface area contributed by atoms with Crippen molar-refractivity contribution in [2.24, 2.45) is 0 Å². The lowest BCUT2D eigenvalue weighted by atomic mass is 10.00. The zero-order valence-electron chi connectivity index (χ0n) is 15.8.